The number of amides is 1. The molecule has 0 heterocycles. The Morgan fingerprint density at radius 1 is 1.60 bits per heavy atom. The van der Waals surface area contributed by atoms with Gasteiger partial charge in [-0.15, -0.1) is 0 Å². The van der Waals surface area contributed by atoms with Gasteiger partial charge >= 0.3 is 6.09 Å². The van der Waals surface area contributed by atoms with Crippen molar-refractivity contribution in [3.63, 3.8) is 0 Å². The van der Waals surface area contributed by atoms with Gasteiger partial charge in [0.25, 0.3) is 0 Å². The molecule has 0 saturated carbocycles. The van der Waals surface area contributed by atoms with E-state index in [2.05, 4.69) is 10.4 Å². The van der Waals surface area contributed by atoms with Crippen LogP contribution in [0.3, 0.4) is 0 Å². The molecule has 15 heavy (non-hydrogen) atoms. The highest BCUT2D eigenvalue weighted by Crippen LogP contribution is 2.06. The largest absolute Gasteiger partial charge is 0.444 e. The van der Waals surface area contributed by atoms with Gasteiger partial charge in [0.15, 0.2) is 0 Å². The number of nitrogens with zero attached hydrogens (tertiary/aromatic N) is 1. The fourth-order valence-electron chi connectivity index (χ4n) is 0.827. The van der Waals surface area contributed by atoms with Crippen LogP contribution in [-0.2, 0) is 4.74 Å². The van der Waals surface area contributed by atoms with E-state index in [0.717, 1.165) is 0 Å². The fourth-order valence-corrected chi connectivity index (χ4v) is 0.827. The summed E-state index contributed by atoms with van der Waals surface area (Å²) in [4.78, 5) is 11.3. The number of hydrogen-bond donors (Lipinski definition) is 3. The van der Waals surface area contributed by atoms with Gasteiger partial charge in [0.1, 0.15) is 5.60 Å². The molecule has 0 aromatic carbocycles. The highest BCUT2D eigenvalue weighted by molar-refractivity contribution is 5.75. The van der Waals surface area contributed by atoms with Crippen LogP contribution in [0.5, 0.6) is 0 Å². The lowest BCUT2D eigenvalue weighted by Gasteiger charge is -2.21. The Bertz CT molecular complexity index is 223. The van der Waals surface area contributed by atoms with E-state index in [4.69, 9.17) is 9.94 Å². The molecule has 1 unspecified atom stereocenters. The predicted octanol–water partition coefficient (Wildman–Crippen LogP) is 1.25. The van der Waals surface area contributed by atoms with Crippen molar-refractivity contribution in [1.82, 2.24) is 10.9 Å². The normalized spacial score (nSPS) is 13.7. The molecule has 0 radical (unpaired) electrons. The van der Waals surface area contributed by atoms with Crippen LogP contribution in [-0.4, -0.2) is 29.2 Å². The Kier molecular flexibility index (Phi) is 5.69. The van der Waals surface area contributed by atoms with Crippen molar-refractivity contribution in [1.29, 1.82) is 0 Å². The SMILES string of the molecule is CCC(C=NNO)NC(=O)OC(C)(C)C. The van der Waals surface area contributed by atoms with E-state index in [-0.39, 0.29) is 6.04 Å². The smallest absolute Gasteiger partial charge is 0.408 e. The van der Waals surface area contributed by atoms with Gasteiger partial charge in [-0.1, -0.05) is 6.92 Å². The van der Waals surface area contributed by atoms with Gasteiger partial charge in [-0.2, -0.15) is 10.7 Å². The number of nitrogens with one attached hydrogen (secondary N) is 2. The van der Waals surface area contributed by atoms with Gasteiger partial charge in [0.05, 0.1) is 6.04 Å². The second-order valence-corrected chi connectivity index (χ2v) is 4.04. The Morgan fingerprint density at radius 2 is 2.20 bits per heavy atom. The standard InChI is InChI=1S/C9H19N3O3/c1-5-7(6-10-12-14)11-8(13)15-9(2,3)4/h6-7,12,14H,5H2,1-4H3,(H,11,13). The molecule has 6 nitrogen and oxygen atoms in total. The summed E-state index contributed by atoms with van der Waals surface area (Å²) in [7, 11) is 0. The number of hydrazone groups is 1. The molecule has 0 rings (SSSR count). The van der Waals surface area contributed by atoms with Gasteiger partial charge in [0.2, 0.25) is 0 Å². The molecule has 0 bridgehead atoms. The van der Waals surface area contributed by atoms with Crippen LogP contribution >= 0.6 is 0 Å². The fraction of sp³-hybridized carbons (Fsp3) is 0.778. The van der Waals surface area contributed by atoms with Gasteiger partial charge in [-0.25, -0.2) is 4.79 Å². The first kappa shape index (κ1) is 13.7. The molecule has 1 atom stereocenters. The maximum Gasteiger partial charge on any atom is 0.408 e. The van der Waals surface area contributed by atoms with Crippen molar-refractivity contribution in [2.24, 2.45) is 5.10 Å². The molecule has 3 N–H and O–H groups in total. The lowest BCUT2D eigenvalue weighted by Crippen LogP contribution is -2.39. The average Bonchev–Trinajstić information content (AvgIpc) is 2.09. The molecular formula is C9H19N3O3. The lowest BCUT2D eigenvalue weighted by molar-refractivity contribution is 0.0517. The average molecular weight is 217 g/mol. The number of alkyl carbamates (subject to hydrolysis) is 1. The van der Waals surface area contributed by atoms with Gasteiger partial charge in [0, 0.05) is 6.21 Å². The second kappa shape index (κ2) is 6.23. The van der Waals surface area contributed by atoms with Crippen molar-refractivity contribution in [3.05, 3.63) is 0 Å². The number of carbonyl (C=O) groups is 1. The van der Waals surface area contributed by atoms with Gasteiger partial charge in [-0.05, 0) is 27.2 Å². The van der Waals surface area contributed by atoms with Crippen molar-refractivity contribution in [2.45, 2.75) is 45.8 Å². The molecule has 0 aromatic heterocycles. The van der Waals surface area contributed by atoms with E-state index in [9.17, 15) is 4.79 Å². The molecule has 0 fully saturated rings. The summed E-state index contributed by atoms with van der Waals surface area (Å²) >= 11 is 0. The van der Waals surface area contributed by atoms with Gasteiger partial charge < -0.3 is 10.1 Å². The van der Waals surface area contributed by atoms with Gasteiger partial charge in [-0.3, -0.25) is 5.21 Å². The van der Waals surface area contributed by atoms with E-state index in [1.165, 1.54) is 6.21 Å². The van der Waals surface area contributed by atoms with Crippen molar-refractivity contribution >= 4 is 12.3 Å². The number of carbonyl (C=O) groups excluding carboxylic acids is 1. The Hall–Kier alpha value is -1.30. The summed E-state index contributed by atoms with van der Waals surface area (Å²) in [6.45, 7) is 7.25. The monoisotopic (exact) mass is 217 g/mol. The first-order valence-corrected chi connectivity index (χ1v) is 4.81. The van der Waals surface area contributed by atoms with Crippen LogP contribution in [0.25, 0.3) is 0 Å². The number of rotatable bonds is 4. The minimum Gasteiger partial charge on any atom is -0.444 e. The predicted molar refractivity (Wildman–Crippen MR) is 56.9 cm³/mol. The molecule has 1 amide bonds. The molecule has 0 aromatic rings. The molecule has 6 heteroatoms. The number of hydrogen-bond acceptors (Lipinski definition) is 5. The third kappa shape index (κ3) is 7.75. The van der Waals surface area contributed by atoms with E-state index in [1.54, 1.807) is 26.4 Å². The Balaban J connectivity index is 4.07. The van der Waals surface area contributed by atoms with Crippen molar-refractivity contribution in [2.75, 3.05) is 0 Å². The molecule has 0 spiro atoms. The van der Waals surface area contributed by atoms with Crippen LogP contribution in [0, 0.1) is 0 Å². The van der Waals surface area contributed by atoms with Crippen LogP contribution in [0.15, 0.2) is 5.10 Å². The van der Waals surface area contributed by atoms with Crippen molar-refractivity contribution in [3.8, 4) is 0 Å². The zero-order valence-electron chi connectivity index (χ0n) is 9.57. The van der Waals surface area contributed by atoms with Crippen LogP contribution < -0.4 is 10.9 Å². The minimum absolute atomic E-state index is 0.264. The molecular weight excluding hydrogens is 198 g/mol. The summed E-state index contributed by atoms with van der Waals surface area (Å²) in [6, 6.07) is -0.264. The quantitative estimate of drug-likeness (QED) is 0.489. The lowest BCUT2D eigenvalue weighted by atomic mass is 10.2. The van der Waals surface area contributed by atoms with Crippen LogP contribution in [0.2, 0.25) is 0 Å². The highest BCUT2D eigenvalue weighted by atomic mass is 16.6. The van der Waals surface area contributed by atoms with Crippen molar-refractivity contribution < 1.29 is 14.7 Å². The van der Waals surface area contributed by atoms with E-state index in [0.29, 0.717) is 6.42 Å². The van der Waals surface area contributed by atoms with E-state index < -0.39 is 11.7 Å². The number of ether oxygens (including phenoxy) is 1. The third-order valence-corrected chi connectivity index (χ3v) is 1.45. The maximum absolute atomic E-state index is 11.3. The zero-order valence-corrected chi connectivity index (χ0v) is 9.57. The maximum atomic E-state index is 11.3. The molecule has 0 aliphatic carbocycles. The Labute approximate surface area is 89.6 Å². The van der Waals surface area contributed by atoms with Crippen LogP contribution in [0.1, 0.15) is 34.1 Å². The highest BCUT2D eigenvalue weighted by Gasteiger charge is 2.17. The topological polar surface area (TPSA) is 83.0 Å². The summed E-state index contributed by atoms with van der Waals surface area (Å²) < 4.78 is 5.06. The summed E-state index contributed by atoms with van der Waals surface area (Å²) in [5.41, 5.74) is 1.11. The summed E-state index contributed by atoms with van der Waals surface area (Å²) in [6.07, 6.45) is 1.55. The molecule has 88 valence electrons. The molecule has 0 aliphatic heterocycles. The van der Waals surface area contributed by atoms with E-state index >= 15 is 0 Å². The summed E-state index contributed by atoms with van der Waals surface area (Å²) in [5, 5.41) is 14.2. The first-order chi connectivity index (χ1) is 6.89. The molecule has 0 saturated heterocycles. The zero-order chi connectivity index (χ0) is 11.9. The minimum atomic E-state index is -0.519. The van der Waals surface area contributed by atoms with E-state index in [1.807, 2.05) is 6.92 Å². The summed E-state index contributed by atoms with van der Waals surface area (Å²) in [5.74, 6) is 0. The Morgan fingerprint density at radius 3 is 2.60 bits per heavy atom. The third-order valence-electron chi connectivity index (χ3n) is 1.45. The van der Waals surface area contributed by atoms with Crippen LogP contribution in [0.4, 0.5) is 4.79 Å². The molecule has 0 aliphatic rings. The first-order valence-electron chi connectivity index (χ1n) is 4.81. The second-order valence-electron chi connectivity index (χ2n) is 4.04.